The molecular formula is C20H22N6O. The summed E-state index contributed by atoms with van der Waals surface area (Å²) in [4.78, 5) is 6.83. The number of nitrogens with one attached hydrogen (secondary N) is 1. The Balaban J connectivity index is 1.60. The molecule has 1 saturated heterocycles. The fourth-order valence-electron chi connectivity index (χ4n) is 3.98. The van der Waals surface area contributed by atoms with Gasteiger partial charge in [-0.2, -0.15) is 5.10 Å². The van der Waals surface area contributed by atoms with E-state index >= 15 is 0 Å². The van der Waals surface area contributed by atoms with Gasteiger partial charge in [-0.1, -0.05) is 0 Å². The van der Waals surface area contributed by atoms with Crippen LogP contribution in [0, 0.1) is 6.92 Å². The lowest BCUT2D eigenvalue weighted by Crippen LogP contribution is -2.46. The van der Waals surface area contributed by atoms with Crippen molar-refractivity contribution in [2.75, 3.05) is 18.0 Å². The van der Waals surface area contributed by atoms with Crippen LogP contribution in [0.5, 0.6) is 0 Å². The second kappa shape index (κ2) is 6.06. The van der Waals surface area contributed by atoms with Crippen LogP contribution >= 0.6 is 0 Å². The second-order valence-electron chi connectivity index (χ2n) is 7.39. The van der Waals surface area contributed by atoms with E-state index in [2.05, 4.69) is 53.0 Å². The minimum absolute atomic E-state index is 0.194. The maximum absolute atomic E-state index is 5.85. The second-order valence-corrected chi connectivity index (χ2v) is 7.39. The third kappa shape index (κ3) is 2.75. The van der Waals surface area contributed by atoms with Crippen molar-refractivity contribution in [3.05, 3.63) is 42.2 Å². The molecule has 0 saturated carbocycles. The summed E-state index contributed by atoms with van der Waals surface area (Å²) in [5, 5.41) is 13.2. The third-order valence-electron chi connectivity index (χ3n) is 5.13. The van der Waals surface area contributed by atoms with Crippen LogP contribution in [0.25, 0.3) is 27.8 Å². The Bertz CT molecular complexity index is 1120. The molecule has 0 unspecified atom stereocenters. The van der Waals surface area contributed by atoms with Gasteiger partial charge in [-0.25, -0.2) is 9.50 Å². The van der Waals surface area contributed by atoms with Gasteiger partial charge in [0.1, 0.15) is 5.82 Å². The number of nitrogens with zero attached hydrogens (tertiary/aromatic N) is 5. The molecule has 138 valence electrons. The molecule has 7 nitrogen and oxygen atoms in total. The van der Waals surface area contributed by atoms with Crippen LogP contribution in [0.15, 0.2) is 36.7 Å². The van der Waals surface area contributed by atoms with E-state index in [-0.39, 0.29) is 12.2 Å². The highest BCUT2D eigenvalue weighted by molar-refractivity contribution is 5.86. The Morgan fingerprint density at radius 2 is 1.93 bits per heavy atom. The summed E-state index contributed by atoms with van der Waals surface area (Å²) in [6, 6.07) is 8.35. The lowest BCUT2D eigenvalue weighted by Gasteiger charge is -2.35. The predicted octanol–water partition coefficient (Wildman–Crippen LogP) is 3.19. The van der Waals surface area contributed by atoms with E-state index in [0.29, 0.717) is 0 Å². The van der Waals surface area contributed by atoms with Crippen LogP contribution in [-0.2, 0) is 4.74 Å². The van der Waals surface area contributed by atoms with Gasteiger partial charge >= 0.3 is 0 Å². The van der Waals surface area contributed by atoms with Crippen LogP contribution in [0.4, 0.5) is 5.82 Å². The fourth-order valence-corrected chi connectivity index (χ4v) is 3.98. The molecule has 3 aromatic heterocycles. The Kier molecular flexibility index (Phi) is 3.65. The number of aromatic amines is 1. The van der Waals surface area contributed by atoms with Crippen molar-refractivity contribution in [1.82, 2.24) is 24.8 Å². The molecule has 1 aromatic carbocycles. The summed E-state index contributed by atoms with van der Waals surface area (Å²) in [7, 11) is 0. The third-order valence-corrected chi connectivity index (χ3v) is 5.13. The molecule has 0 bridgehead atoms. The summed E-state index contributed by atoms with van der Waals surface area (Å²) in [5.74, 6) is 0.949. The summed E-state index contributed by atoms with van der Waals surface area (Å²) in [5.41, 5.74) is 5.13. The number of H-pyrrole nitrogens is 1. The van der Waals surface area contributed by atoms with Gasteiger partial charge in [-0.3, -0.25) is 5.10 Å². The van der Waals surface area contributed by atoms with Crippen molar-refractivity contribution in [3.63, 3.8) is 0 Å². The zero-order chi connectivity index (χ0) is 18.5. The average molecular weight is 362 g/mol. The van der Waals surface area contributed by atoms with E-state index in [4.69, 9.17) is 9.84 Å². The van der Waals surface area contributed by atoms with Crippen molar-refractivity contribution < 1.29 is 4.74 Å². The van der Waals surface area contributed by atoms with E-state index in [1.54, 1.807) is 0 Å². The molecular weight excluding hydrogens is 340 g/mol. The minimum atomic E-state index is 0.194. The fraction of sp³-hybridized carbons (Fsp3) is 0.350. The summed E-state index contributed by atoms with van der Waals surface area (Å²) in [6.07, 6.45) is 4.13. The zero-order valence-electron chi connectivity index (χ0n) is 15.7. The molecule has 7 heteroatoms. The minimum Gasteiger partial charge on any atom is -0.372 e. The molecule has 4 heterocycles. The molecule has 1 N–H and O–H groups in total. The first-order valence-corrected chi connectivity index (χ1v) is 9.28. The number of hydrogen-bond acceptors (Lipinski definition) is 5. The molecule has 0 spiro atoms. The average Bonchev–Trinajstić information content (AvgIpc) is 3.27. The normalized spacial score (nSPS) is 20.6. The Morgan fingerprint density at radius 1 is 1.11 bits per heavy atom. The molecule has 1 fully saturated rings. The van der Waals surface area contributed by atoms with Gasteiger partial charge in [0.2, 0.25) is 0 Å². The van der Waals surface area contributed by atoms with Crippen LogP contribution < -0.4 is 4.90 Å². The highest BCUT2D eigenvalue weighted by atomic mass is 16.5. The van der Waals surface area contributed by atoms with E-state index < -0.39 is 0 Å². The highest BCUT2D eigenvalue weighted by Crippen LogP contribution is 2.27. The number of ether oxygens (including phenoxy) is 1. The van der Waals surface area contributed by atoms with Crippen molar-refractivity contribution in [2.24, 2.45) is 0 Å². The van der Waals surface area contributed by atoms with Gasteiger partial charge in [-0.15, -0.1) is 5.10 Å². The van der Waals surface area contributed by atoms with E-state index in [1.165, 1.54) is 0 Å². The highest BCUT2D eigenvalue weighted by Gasteiger charge is 2.23. The Labute approximate surface area is 157 Å². The molecule has 0 radical (unpaired) electrons. The van der Waals surface area contributed by atoms with Crippen LogP contribution in [0.2, 0.25) is 0 Å². The summed E-state index contributed by atoms with van der Waals surface area (Å²) < 4.78 is 7.78. The maximum Gasteiger partial charge on any atom is 0.154 e. The van der Waals surface area contributed by atoms with E-state index in [1.807, 2.05) is 29.0 Å². The Morgan fingerprint density at radius 3 is 2.74 bits per heavy atom. The smallest absolute Gasteiger partial charge is 0.154 e. The number of rotatable bonds is 2. The number of imidazole rings is 1. The van der Waals surface area contributed by atoms with Gasteiger partial charge in [-0.05, 0) is 50.6 Å². The van der Waals surface area contributed by atoms with Crippen molar-refractivity contribution in [2.45, 2.75) is 33.0 Å². The zero-order valence-corrected chi connectivity index (χ0v) is 15.7. The topological polar surface area (TPSA) is 71.3 Å². The predicted molar refractivity (Wildman–Crippen MR) is 105 cm³/mol. The van der Waals surface area contributed by atoms with E-state index in [9.17, 15) is 0 Å². The van der Waals surface area contributed by atoms with Crippen LogP contribution in [0.1, 0.15) is 19.4 Å². The first-order chi connectivity index (χ1) is 13.1. The molecule has 5 rings (SSSR count). The molecule has 27 heavy (non-hydrogen) atoms. The quantitative estimate of drug-likeness (QED) is 0.593. The van der Waals surface area contributed by atoms with Gasteiger partial charge in [0.25, 0.3) is 0 Å². The molecule has 1 aliphatic heterocycles. The standard InChI is InChI=1S/C20H22N6O/c1-12-6-15(7-16-8-22-23-20(12)16)17-9-21-18-4-5-19(24-26(17)18)25-10-13(2)27-14(3)11-25/h4-9,13-14H,10-11H2,1-3H3,(H,22,23)/t13-,14+. The summed E-state index contributed by atoms with van der Waals surface area (Å²) in [6.45, 7) is 7.97. The Hall–Kier alpha value is -2.93. The monoisotopic (exact) mass is 362 g/mol. The maximum atomic E-state index is 5.85. The number of benzene rings is 1. The number of hydrogen-bond donors (Lipinski definition) is 1. The first kappa shape index (κ1) is 16.3. The molecule has 4 aromatic rings. The van der Waals surface area contributed by atoms with Gasteiger partial charge in [0.05, 0.1) is 35.8 Å². The molecule has 2 atom stereocenters. The van der Waals surface area contributed by atoms with Crippen molar-refractivity contribution in [3.8, 4) is 11.3 Å². The lowest BCUT2D eigenvalue weighted by atomic mass is 10.1. The molecule has 0 amide bonds. The van der Waals surface area contributed by atoms with Crippen LogP contribution in [0.3, 0.4) is 0 Å². The first-order valence-electron chi connectivity index (χ1n) is 9.28. The number of aromatic nitrogens is 5. The number of anilines is 1. The van der Waals surface area contributed by atoms with Crippen molar-refractivity contribution >= 4 is 22.4 Å². The van der Waals surface area contributed by atoms with E-state index in [0.717, 1.165) is 52.3 Å². The largest absolute Gasteiger partial charge is 0.372 e. The van der Waals surface area contributed by atoms with Crippen LogP contribution in [-0.4, -0.2) is 50.1 Å². The van der Waals surface area contributed by atoms with Gasteiger partial charge in [0, 0.05) is 24.0 Å². The number of aryl methyl sites for hydroxylation is 1. The lowest BCUT2D eigenvalue weighted by molar-refractivity contribution is -0.00551. The van der Waals surface area contributed by atoms with Crippen molar-refractivity contribution in [1.29, 1.82) is 0 Å². The number of morpholine rings is 1. The summed E-state index contributed by atoms with van der Waals surface area (Å²) >= 11 is 0. The number of fused-ring (bicyclic) bond motifs is 2. The van der Waals surface area contributed by atoms with Gasteiger partial charge < -0.3 is 9.64 Å². The van der Waals surface area contributed by atoms with Gasteiger partial charge in [0.15, 0.2) is 5.65 Å². The molecule has 0 aliphatic carbocycles. The molecule has 1 aliphatic rings. The SMILES string of the molecule is Cc1cc(-c2cnc3ccc(N4C[C@@H](C)O[C@@H](C)C4)nn23)cc2cn[nH]c12.